The third-order valence-corrected chi connectivity index (χ3v) is 3.44. The SMILES string of the molecule is C[C@@H](Oc1cccc(Br)c1)C(=O)NCC[S@@](C)=O. The predicted molar refractivity (Wildman–Crippen MR) is 76.2 cm³/mol. The van der Waals surface area contributed by atoms with Crippen molar-refractivity contribution in [2.75, 3.05) is 18.6 Å². The third-order valence-electron chi connectivity index (χ3n) is 2.17. The normalized spacial score (nSPS) is 13.7. The molecule has 6 heteroatoms. The summed E-state index contributed by atoms with van der Waals surface area (Å²) < 4.78 is 17.2. The summed E-state index contributed by atoms with van der Waals surface area (Å²) in [6, 6.07) is 7.30. The Morgan fingerprint density at radius 3 is 2.89 bits per heavy atom. The first kappa shape index (κ1) is 15.2. The van der Waals surface area contributed by atoms with E-state index in [-0.39, 0.29) is 5.91 Å². The summed E-state index contributed by atoms with van der Waals surface area (Å²) in [6.45, 7) is 2.08. The van der Waals surface area contributed by atoms with Gasteiger partial charge in [0.2, 0.25) is 0 Å². The first-order valence-electron chi connectivity index (χ1n) is 5.49. The monoisotopic (exact) mass is 333 g/mol. The van der Waals surface area contributed by atoms with Crippen molar-refractivity contribution in [2.45, 2.75) is 13.0 Å². The fourth-order valence-corrected chi connectivity index (χ4v) is 2.03. The van der Waals surface area contributed by atoms with Gasteiger partial charge in [0.15, 0.2) is 6.10 Å². The maximum atomic E-state index is 11.7. The van der Waals surface area contributed by atoms with Gasteiger partial charge < -0.3 is 10.1 Å². The van der Waals surface area contributed by atoms with Crippen molar-refractivity contribution < 1.29 is 13.7 Å². The molecule has 1 amide bonds. The Balaban J connectivity index is 2.42. The molecule has 0 saturated heterocycles. The van der Waals surface area contributed by atoms with Gasteiger partial charge in [-0.2, -0.15) is 0 Å². The van der Waals surface area contributed by atoms with Crippen molar-refractivity contribution in [1.29, 1.82) is 0 Å². The number of hydrogen-bond acceptors (Lipinski definition) is 3. The van der Waals surface area contributed by atoms with Crippen molar-refractivity contribution >= 4 is 32.6 Å². The Bertz CT molecular complexity index is 439. The molecule has 100 valence electrons. The summed E-state index contributed by atoms with van der Waals surface area (Å²) in [5, 5.41) is 2.68. The second kappa shape index (κ2) is 7.53. The Morgan fingerprint density at radius 1 is 1.56 bits per heavy atom. The van der Waals surface area contributed by atoms with Crippen molar-refractivity contribution in [3.8, 4) is 5.75 Å². The second-order valence-corrected chi connectivity index (χ2v) is 6.26. The molecule has 4 nitrogen and oxygen atoms in total. The van der Waals surface area contributed by atoms with Gasteiger partial charge in [-0.05, 0) is 25.1 Å². The van der Waals surface area contributed by atoms with Crippen LogP contribution in [0.5, 0.6) is 5.75 Å². The minimum absolute atomic E-state index is 0.208. The van der Waals surface area contributed by atoms with E-state index in [1.54, 1.807) is 25.3 Å². The van der Waals surface area contributed by atoms with Gasteiger partial charge in [0.25, 0.3) is 5.91 Å². The number of halogens is 1. The standard InChI is InChI=1S/C12H16BrNO3S/c1-9(12(15)14-6-7-18(2)16)17-11-5-3-4-10(13)8-11/h3-5,8-9H,6-7H2,1-2H3,(H,14,15)/t9-,18-/m1/s1. The van der Waals surface area contributed by atoms with Gasteiger partial charge in [-0.25, -0.2) is 0 Å². The number of rotatable bonds is 6. The van der Waals surface area contributed by atoms with Gasteiger partial charge in [0.1, 0.15) is 5.75 Å². The fourth-order valence-electron chi connectivity index (χ4n) is 1.26. The lowest BCUT2D eigenvalue weighted by Crippen LogP contribution is -2.38. The van der Waals surface area contributed by atoms with E-state index in [2.05, 4.69) is 21.2 Å². The Morgan fingerprint density at radius 2 is 2.28 bits per heavy atom. The zero-order valence-corrected chi connectivity index (χ0v) is 12.7. The summed E-state index contributed by atoms with van der Waals surface area (Å²) in [5.41, 5.74) is 0. The molecule has 0 aliphatic carbocycles. The largest absolute Gasteiger partial charge is 0.481 e. The molecular weight excluding hydrogens is 318 g/mol. The lowest BCUT2D eigenvalue weighted by atomic mass is 10.3. The van der Waals surface area contributed by atoms with E-state index in [0.29, 0.717) is 18.0 Å². The van der Waals surface area contributed by atoms with E-state index >= 15 is 0 Å². The fraction of sp³-hybridized carbons (Fsp3) is 0.417. The van der Waals surface area contributed by atoms with Gasteiger partial charge in [0.05, 0.1) is 0 Å². The highest BCUT2D eigenvalue weighted by molar-refractivity contribution is 9.10. The van der Waals surface area contributed by atoms with E-state index in [1.165, 1.54) is 0 Å². The van der Waals surface area contributed by atoms with Crippen molar-refractivity contribution in [2.24, 2.45) is 0 Å². The summed E-state index contributed by atoms with van der Waals surface area (Å²) in [5.74, 6) is 0.876. The molecule has 0 fully saturated rings. The van der Waals surface area contributed by atoms with Crippen LogP contribution >= 0.6 is 15.9 Å². The highest BCUT2D eigenvalue weighted by Gasteiger charge is 2.14. The van der Waals surface area contributed by atoms with Gasteiger partial charge in [0, 0.05) is 33.8 Å². The van der Waals surface area contributed by atoms with Crippen LogP contribution in [0.2, 0.25) is 0 Å². The van der Waals surface area contributed by atoms with Crippen LogP contribution in [-0.4, -0.2) is 34.8 Å². The lowest BCUT2D eigenvalue weighted by molar-refractivity contribution is -0.127. The zero-order valence-electron chi connectivity index (χ0n) is 10.3. The average Bonchev–Trinajstić information content (AvgIpc) is 2.28. The first-order chi connectivity index (χ1) is 8.49. The molecule has 0 aliphatic heterocycles. The molecule has 1 rings (SSSR count). The number of amides is 1. The molecule has 0 aliphatic rings. The summed E-state index contributed by atoms with van der Waals surface area (Å²) >= 11 is 3.33. The van der Waals surface area contributed by atoms with Crippen LogP contribution in [0.3, 0.4) is 0 Å². The third kappa shape index (κ3) is 5.64. The molecule has 18 heavy (non-hydrogen) atoms. The zero-order chi connectivity index (χ0) is 13.5. The molecule has 0 aromatic heterocycles. The molecule has 0 radical (unpaired) electrons. The number of nitrogens with one attached hydrogen (secondary N) is 1. The lowest BCUT2D eigenvalue weighted by Gasteiger charge is -2.14. The molecule has 1 aromatic rings. The van der Waals surface area contributed by atoms with Gasteiger partial charge in [-0.15, -0.1) is 0 Å². The molecule has 2 atom stereocenters. The highest BCUT2D eigenvalue weighted by Crippen LogP contribution is 2.18. The Kier molecular flexibility index (Phi) is 6.35. The van der Waals surface area contributed by atoms with Crippen molar-refractivity contribution in [3.63, 3.8) is 0 Å². The van der Waals surface area contributed by atoms with Crippen molar-refractivity contribution in [3.05, 3.63) is 28.7 Å². The molecule has 1 N–H and O–H groups in total. The minimum atomic E-state index is -0.898. The predicted octanol–water partition coefficient (Wildman–Crippen LogP) is 1.71. The Hall–Kier alpha value is -0.880. The van der Waals surface area contributed by atoms with Gasteiger partial charge in [-0.1, -0.05) is 22.0 Å². The van der Waals surface area contributed by atoms with Gasteiger partial charge in [-0.3, -0.25) is 9.00 Å². The number of benzene rings is 1. The maximum Gasteiger partial charge on any atom is 0.260 e. The summed E-state index contributed by atoms with van der Waals surface area (Å²) in [6.07, 6.45) is 1.03. The van der Waals surface area contributed by atoms with Crippen molar-refractivity contribution in [1.82, 2.24) is 5.32 Å². The molecule has 0 unspecified atom stereocenters. The molecular formula is C12H16BrNO3S. The summed E-state index contributed by atoms with van der Waals surface area (Å²) in [7, 11) is -0.898. The highest BCUT2D eigenvalue weighted by atomic mass is 79.9. The van der Waals surface area contributed by atoms with Crippen LogP contribution in [0.1, 0.15) is 6.92 Å². The van der Waals surface area contributed by atoms with E-state index in [1.807, 2.05) is 12.1 Å². The van der Waals surface area contributed by atoms with Crippen LogP contribution in [0.25, 0.3) is 0 Å². The number of ether oxygens (including phenoxy) is 1. The quantitative estimate of drug-likeness (QED) is 0.862. The van der Waals surface area contributed by atoms with Gasteiger partial charge >= 0.3 is 0 Å². The first-order valence-corrected chi connectivity index (χ1v) is 8.01. The average molecular weight is 334 g/mol. The maximum absolute atomic E-state index is 11.7. The minimum Gasteiger partial charge on any atom is -0.481 e. The van der Waals surface area contributed by atoms with Crippen LogP contribution in [0, 0.1) is 0 Å². The molecule has 0 bridgehead atoms. The number of carbonyl (C=O) groups is 1. The Labute approximate surface area is 118 Å². The van der Waals surface area contributed by atoms with Crippen LogP contribution < -0.4 is 10.1 Å². The van der Waals surface area contributed by atoms with E-state index in [4.69, 9.17) is 4.74 Å². The molecule has 0 spiro atoms. The van der Waals surface area contributed by atoms with E-state index in [9.17, 15) is 9.00 Å². The number of hydrogen-bond donors (Lipinski definition) is 1. The van der Waals surface area contributed by atoms with Crippen LogP contribution in [0.4, 0.5) is 0 Å². The summed E-state index contributed by atoms with van der Waals surface area (Å²) in [4.78, 5) is 11.7. The second-order valence-electron chi connectivity index (χ2n) is 3.79. The molecule has 0 saturated carbocycles. The molecule has 1 aromatic carbocycles. The molecule has 0 heterocycles. The van der Waals surface area contributed by atoms with Crippen LogP contribution in [-0.2, 0) is 15.6 Å². The smallest absolute Gasteiger partial charge is 0.260 e. The topological polar surface area (TPSA) is 55.4 Å². The van der Waals surface area contributed by atoms with E-state index < -0.39 is 16.9 Å². The number of carbonyl (C=O) groups excluding carboxylic acids is 1. The van der Waals surface area contributed by atoms with E-state index in [0.717, 1.165) is 4.47 Å². The van der Waals surface area contributed by atoms with Crippen LogP contribution in [0.15, 0.2) is 28.7 Å².